The minimum Gasteiger partial charge on any atom is -0.462 e. The maximum Gasteiger partial charge on any atom is 0.306 e. The third-order valence-electron chi connectivity index (χ3n) is 11.8. The Morgan fingerprint density at radius 3 is 0.971 bits per heavy atom. The second-order valence-electron chi connectivity index (χ2n) is 18.5. The van der Waals surface area contributed by atoms with Crippen LogP contribution in [0.1, 0.15) is 258 Å². The maximum atomic E-state index is 12.8. The van der Waals surface area contributed by atoms with Crippen molar-refractivity contribution in [3.05, 3.63) is 97.2 Å². The molecule has 0 aliphatic heterocycles. The fraction of sp³-hybridized carbons (Fsp3) is 0.694. The highest BCUT2D eigenvalue weighted by molar-refractivity contribution is 5.71. The van der Waals surface area contributed by atoms with Gasteiger partial charge in [0.15, 0.2) is 6.10 Å². The van der Waals surface area contributed by atoms with Crippen molar-refractivity contribution in [3.63, 3.8) is 0 Å². The highest BCUT2D eigenvalue weighted by Gasteiger charge is 2.19. The molecule has 0 rings (SSSR count). The first kappa shape index (κ1) is 64.3. The molecule has 388 valence electrons. The Morgan fingerprint density at radius 2 is 0.603 bits per heavy atom. The molecule has 0 radical (unpaired) electrons. The molecule has 1 unspecified atom stereocenters. The first-order valence-corrected chi connectivity index (χ1v) is 28.2. The van der Waals surface area contributed by atoms with Crippen LogP contribution >= 0.6 is 0 Å². The van der Waals surface area contributed by atoms with Crippen molar-refractivity contribution in [2.75, 3.05) is 13.2 Å². The van der Waals surface area contributed by atoms with Crippen molar-refractivity contribution in [2.45, 2.75) is 264 Å². The Hall–Kier alpha value is -3.67. The van der Waals surface area contributed by atoms with Gasteiger partial charge in [-0.1, -0.05) is 221 Å². The van der Waals surface area contributed by atoms with Crippen LogP contribution in [-0.2, 0) is 28.6 Å². The van der Waals surface area contributed by atoms with Gasteiger partial charge in [-0.2, -0.15) is 0 Å². The lowest BCUT2D eigenvalue weighted by Crippen LogP contribution is -2.30. The van der Waals surface area contributed by atoms with Gasteiger partial charge in [-0.3, -0.25) is 14.4 Å². The monoisotopic (exact) mass is 945 g/mol. The molecule has 0 aromatic heterocycles. The van der Waals surface area contributed by atoms with E-state index in [4.69, 9.17) is 14.2 Å². The van der Waals surface area contributed by atoms with Crippen LogP contribution in [0.15, 0.2) is 97.2 Å². The molecule has 0 fully saturated rings. The van der Waals surface area contributed by atoms with Crippen LogP contribution in [0.5, 0.6) is 0 Å². The van der Waals surface area contributed by atoms with Gasteiger partial charge in [0, 0.05) is 19.3 Å². The van der Waals surface area contributed by atoms with Crippen LogP contribution in [-0.4, -0.2) is 37.2 Å². The largest absolute Gasteiger partial charge is 0.462 e. The summed E-state index contributed by atoms with van der Waals surface area (Å²) in [5, 5.41) is 0. The van der Waals surface area contributed by atoms with Gasteiger partial charge in [0.1, 0.15) is 13.2 Å². The number of ether oxygens (including phenoxy) is 3. The quantitative estimate of drug-likeness (QED) is 0.0262. The van der Waals surface area contributed by atoms with Crippen LogP contribution in [0.25, 0.3) is 0 Å². The highest BCUT2D eigenvalue weighted by Crippen LogP contribution is 2.14. The summed E-state index contributed by atoms with van der Waals surface area (Å²) in [6.45, 7) is 6.43. The third kappa shape index (κ3) is 53.3. The molecule has 0 amide bonds. The number of unbranched alkanes of at least 4 members (excludes halogenated alkanes) is 23. The lowest BCUT2D eigenvalue weighted by atomic mass is 10.1. The second kappa shape index (κ2) is 55.9. The third-order valence-corrected chi connectivity index (χ3v) is 11.8. The van der Waals surface area contributed by atoms with Crippen molar-refractivity contribution < 1.29 is 28.6 Å². The van der Waals surface area contributed by atoms with Crippen molar-refractivity contribution in [2.24, 2.45) is 0 Å². The molecule has 0 spiro atoms. The Kier molecular flexibility index (Phi) is 52.9. The Bertz CT molecular complexity index is 1360. The molecule has 0 saturated heterocycles. The van der Waals surface area contributed by atoms with Crippen molar-refractivity contribution in [3.8, 4) is 0 Å². The van der Waals surface area contributed by atoms with E-state index in [-0.39, 0.29) is 31.1 Å². The van der Waals surface area contributed by atoms with Gasteiger partial charge < -0.3 is 14.2 Å². The van der Waals surface area contributed by atoms with E-state index in [0.29, 0.717) is 19.3 Å². The Morgan fingerprint density at radius 1 is 0.309 bits per heavy atom. The van der Waals surface area contributed by atoms with Gasteiger partial charge in [-0.25, -0.2) is 0 Å². The minimum atomic E-state index is -0.794. The molecular weight excluding hydrogens is 841 g/mol. The SMILES string of the molecule is CC/C=C\C/C=C\C/C=C\C/C=C\C/C=C\C/C=C\CCCCCCC(=O)OCC(COC(=O)CCCCCCC/C=C\CCC)OC(=O)CCCCCCCCC/C=C\CCCCCCCC. The average molecular weight is 946 g/mol. The van der Waals surface area contributed by atoms with Gasteiger partial charge in [0.25, 0.3) is 0 Å². The summed E-state index contributed by atoms with van der Waals surface area (Å²) in [6.07, 6.45) is 74.0. The fourth-order valence-corrected chi connectivity index (χ4v) is 7.56. The van der Waals surface area contributed by atoms with E-state index in [9.17, 15) is 14.4 Å². The number of hydrogen-bond donors (Lipinski definition) is 0. The molecule has 0 aromatic rings. The summed E-state index contributed by atoms with van der Waals surface area (Å²) >= 11 is 0. The predicted octanol–water partition coefficient (Wildman–Crippen LogP) is 18.9. The van der Waals surface area contributed by atoms with E-state index in [1.165, 1.54) is 89.9 Å². The highest BCUT2D eigenvalue weighted by atomic mass is 16.6. The fourth-order valence-electron chi connectivity index (χ4n) is 7.56. The summed E-state index contributed by atoms with van der Waals surface area (Å²) < 4.78 is 16.8. The second-order valence-corrected chi connectivity index (χ2v) is 18.5. The molecule has 0 saturated carbocycles. The molecule has 0 aliphatic carbocycles. The van der Waals surface area contributed by atoms with Crippen LogP contribution in [0.2, 0.25) is 0 Å². The average Bonchev–Trinajstić information content (AvgIpc) is 3.34. The first-order chi connectivity index (χ1) is 33.5. The Balaban J connectivity index is 4.38. The molecule has 0 aromatic carbocycles. The van der Waals surface area contributed by atoms with Crippen LogP contribution in [0.4, 0.5) is 0 Å². The van der Waals surface area contributed by atoms with E-state index >= 15 is 0 Å². The van der Waals surface area contributed by atoms with Gasteiger partial charge in [-0.15, -0.1) is 0 Å². The zero-order chi connectivity index (χ0) is 49.3. The van der Waals surface area contributed by atoms with Crippen LogP contribution < -0.4 is 0 Å². The molecule has 1 atom stereocenters. The topological polar surface area (TPSA) is 78.9 Å². The number of carbonyl (C=O) groups is 3. The van der Waals surface area contributed by atoms with E-state index in [0.717, 1.165) is 128 Å². The van der Waals surface area contributed by atoms with Gasteiger partial charge in [0.2, 0.25) is 0 Å². The van der Waals surface area contributed by atoms with E-state index in [1.807, 2.05) is 0 Å². The molecule has 6 heteroatoms. The molecule has 0 aliphatic rings. The number of rotatable bonds is 50. The lowest BCUT2D eigenvalue weighted by Gasteiger charge is -2.18. The molecule has 0 bridgehead atoms. The summed E-state index contributed by atoms with van der Waals surface area (Å²) in [6, 6.07) is 0. The smallest absolute Gasteiger partial charge is 0.306 e. The number of esters is 3. The number of hydrogen-bond acceptors (Lipinski definition) is 6. The number of allylic oxidation sites excluding steroid dienone is 16. The molecular formula is C62H104O6. The van der Waals surface area contributed by atoms with Crippen molar-refractivity contribution >= 4 is 17.9 Å². The number of carbonyl (C=O) groups excluding carboxylic acids is 3. The molecule has 68 heavy (non-hydrogen) atoms. The van der Waals surface area contributed by atoms with Gasteiger partial charge >= 0.3 is 17.9 Å². The van der Waals surface area contributed by atoms with E-state index < -0.39 is 6.10 Å². The van der Waals surface area contributed by atoms with E-state index in [2.05, 4.69) is 118 Å². The lowest BCUT2D eigenvalue weighted by molar-refractivity contribution is -0.167. The van der Waals surface area contributed by atoms with Crippen LogP contribution in [0.3, 0.4) is 0 Å². The molecule has 6 nitrogen and oxygen atoms in total. The summed E-state index contributed by atoms with van der Waals surface area (Å²) in [7, 11) is 0. The summed E-state index contributed by atoms with van der Waals surface area (Å²) in [5.74, 6) is -0.932. The van der Waals surface area contributed by atoms with Gasteiger partial charge in [0.05, 0.1) is 0 Å². The minimum absolute atomic E-state index is 0.0925. The zero-order valence-corrected chi connectivity index (χ0v) is 44.3. The zero-order valence-electron chi connectivity index (χ0n) is 44.3. The van der Waals surface area contributed by atoms with E-state index in [1.54, 1.807) is 0 Å². The summed E-state index contributed by atoms with van der Waals surface area (Å²) in [4.78, 5) is 38.0. The molecule has 0 N–H and O–H groups in total. The maximum absolute atomic E-state index is 12.8. The van der Waals surface area contributed by atoms with Gasteiger partial charge in [-0.05, 0) is 116 Å². The molecule has 0 heterocycles. The van der Waals surface area contributed by atoms with Crippen molar-refractivity contribution in [1.29, 1.82) is 0 Å². The normalized spacial score (nSPS) is 12.8. The van der Waals surface area contributed by atoms with Crippen LogP contribution in [0, 0.1) is 0 Å². The standard InChI is InChI=1S/C62H104O6/c1-4-7-10-13-16-19-22-24-26-28-29-30-31-32-33-35-36-38-40-43-46-49-52-55-61(64)67-58-59(57-66-60(63)54-51-48-45-42-21-18-15-12-9-6-3)68-62(65)56-53-50-47-44-41-39-37-34-27-25-23-20-17-14-11-8-5-2/h7,10,12,15-16,19,24-27,29-30,32-33,36,38,59H,4-6,8-9,11,13-14,17-18,20-23,28,31,34-35,37,39-58H2,1-3H3/b10-7-,15-12-,19-16-,26-24-,27-25-,30-29-,33-32-,38-36-. The Labute approximate surface area is 419 Å². The predicted molar refractivity (Wildman–Crippen MR) is 293 cm³/mol. The van der Waals surface area contributed by atoms with Crippen molar-refractivity contribution in [1.82, 2.24) is 0 Å². The first-order valence-electron chi connectivity index (χ1n) is 28.2. The summed E-state index contributed by atoms with van der Waals surface area (Å²) in [5.41, 5.74) is 0.